The van der Waals surface area contributed by atoms with Crippen molar-refractivity contribution in [2.24, 2.45) is 20.5 Å². The molecule has 0 saturated carbocycles. The molecule has 3 aromatic rings. The maximum atomic E-state index is 11.4. The summed E-state index contributed by atoms with van der Waals surface area (Å²) in [5.41, 5.74) is 4.14. The molecule has 0 aliphatic rings. The van der Waals surface area contributed by atoms with Crippen molar-refractivity contribution in [3.8, 4) is 11.5 Å². The van der Waals surface area contributed by atoms with Crippen molar-refractivity contribution in [1.29, 1.82) is 0 Å². The van der Waals surface area contributed by atoms with Crippen molar-refractivity contribution in [2.75, 3.05) is 37.8 Å². The molecular weight excluding hydrogens is 684 g/mol. The number of benzene rings is 3. The number of aryl methyl sites for hydroxylation is 1. The number of unbranched alkanes of at least 4 members (excludes halogenated alkanes) is 10. The molecule has 0 aromatic heterocycles. The maximum Gasteiger partial charge on any atom is 0.302 e. The average Bonchev–Trinajstić information content (AvgIpc) is 3.16. The predicted molar refractivity (Wildman–Crippen MR) is 216 cm³/mol. The zero-order valence-electron chi connectivity index (χ0n) is 33.1. The van der Waals surface area contributed by atoms with Crippen LogP contribution in [0.5, 0.6) is 11.5 Å². The summed E-state index contributed by atoms with van der Waals surface area (Å²) >= 11 is 0. The lowest BCUT2D eigenvalue weighted by atomic mass is 10.1. The fourth-order valence-electron chi connectivity index (χ4n) is 5.82. The van der Waals surface area contributed by atoms with E-state index in [9.17, 15) is 14.9 Å². The van der Waals surface area contributed by atoms with Crippen LogP contribution in [-0.4, -0.2) is 43.8 Å². The molecule has 0 N–H and O–H groups in total. The quantitative estimate of drug-likeness (QED) is 0.0249. The molecular formula is C42H60N6O6. The van der Waals surface area contributed by atoms with Gasteiger partial charge < -0.3 is 19.1 Å². The van der Waals surface area contributed by atoms with Crippen LogP contribution in [0.1, 0.15) is 117 Å². The molecule has 0 bridgehead atoms. The van der Waals surface area contributed by atoms with E-state index in [0.29, 0.717) is 35.2 Å². The number of hydrogen-bond donors (Lipinski definition) is 0. The summed E-state index contributed by atoms with van der Waals surface area (Å²) in [6.45, 7) is 12.6. The van der Waals surface area contributed by atoms with Crippen molar-refractivity contribution < 1.29 is 23.9 Å². The summed E-state index contributed by atoms with van der Waals surface area (Å²) < 4.78 is 17.1. The second-order valence-corrected chi connectivity index (χ2v) is 13.5. The molecule has 0 fully saturated rings. The van der Waals surface area contributed by atoms with Crippen molar-refractivity contribution in [3.63, 3.8) is 0 Å². The Hall–Kier alpha value is -4.87. The zero-order valence-corrected chi connectivity index (χ0v) is 33.1. The first-order valence-corrected chi connectivity index (χ1v) is 19.8. The van der Waals surface area contributed by atoms with Gasteiger partial charge in [0.1, 0.15) is 36.1 Å². The molecule has 54 heavy (non-hydrogen) atoms. The van der Waals surface area contributed by atoms with Crippen LogP contribution in [0.2, 0.25) is 0 Å². The Kier molecular flexibility index (Phi) is 20.3. The highest BCUT2D eigenvalue weighted by Crippen LogP contribution is 2.42. The fraction of sp³-hybridized carbons (Fsp3) is 0.548. The van der Waals surface area contributed by atoms with Gasteiger partial charge in [-0.1, -0.05) is 85.0 Å². The number of esters is 1. The first kappa shape index (κ1) is 43.5. The molecule has 0 saturated heterocycles. The van der Waals surface area contributed by atoms with Crippen LogP contribution in [0.4, 0.5) is 34.1 Å². The highest BCUT2D eigenvalue weighted by Gasteiger charge is 2.15. The fourth-order valence-corrected chi connectivity index (χ4v) is 5.82. The predicted octanol–water partition coefficient (Wildman–Crippen LogP) is 13.0. The van der Waals surface area contributed by atoms with Crippen LogP contribution in [0, 0.1) is 17.0 Å². The van der Waals surface area contributed by atoms with E-state index in [0.717, 1.165) is 30.8 Å². The lowest BCUT2D eigenvalue weighted by Gasteiger charge is -2.26. The number of azo groups is 2. The van der Waals surface area contributed by atoms with Gasteiger partial charge in [-0.15, -0.1) is 10.2 Å². The number of ether oxygens (including phenoxy) is 3. The second kappa shape index (κ2) is 25.2. The number of carbonyl (C=O) groups excluding carboxylic acids is 1. The Morgan fingerprint density at radius 3 is 1.72 bits per heavy atom. The van der Waals surface area contributed by atoms with Gasteiger partial charge in [0, 0.05) is 50.0 Å². The summed E-state index contributed by atoms with van der Waals surface area (Å²) in [4.78, 5) is 24.5. The van der Waals surface area contributed by atoms with Gasteiger partial charge in [-0.3, -0.25) is 14.9 Å². The van der Waals surface area contributed by atoms with Crippen LogP contribution >= 0.6 is 0 Å². The monoisotopic (exact) mass is 744 g/mol. The van der Waals surface area contributed by atoms with Gasteiger partial charge in [-0.25, -0.2) is 0 Å². The summed E-state index contributed by atoms with van der Waals surface area (Å²) in [5, 5.41) is 29.0. The molecule has 0 heterocycles. The van der Waals surface area contributed by atoms with Crippen molar-refractivity contribution >= 4 is 40.1 Å². The highest BCUT2D eigenvalue weighted by molar-refractivity contribution is 5.67. The molecule has 12 nitrogen and oxygen atoms in total. The zero-order chi connectivity index (χ0) is 39.0. The SMILES string of the molecule is CCCCCCCCN(CCCCCCCC)c1ccc(/N=N/c2cc(OCCC)c(/N=N/c3ccc([N+](=O)[O-])cc3)cc2OCCOC(C)=O)c(C)c1. The lowest BCUT2D eigenvalue weighted by molar-refractivity contribution is -0.384. The van der Waals surface area contributed by atoms with E-state index in [1.807, 2.05) is 13.0 Å². The largest absolute Gasteiger partial charge is 0.491 e. The molecule has 0 unspecified atom stereocenters. The van der Waals surface area contributed by atoms with Crippen LogP contribution in [0.3, 0.4) is 0 Å². The first-order chi connectivity index (χ1) is 26.2. The summed E-state index contributed by atoms with van der Waals surface area (Å²) in [7, 11) is 0. The number of rotatable bonds is 27. The second-order valence-electron chi connectivity index (χ2n) is 13.5. The van der Waals surface area contributed by atoms with E-state index in [4.69, 9.17) is 14.2 Å². The normalized spacial score (nSPS) is 11.4. The topological polar surface area (TPSA) is 141 Å². The Morgan fingerprint density at radius 2 is 1.19 bits per heavy atom. The van der Waals surface area contributed by atoms with E-state index in [1.54, 1.807) is 12.1 Å². The third kappa shape index (κ3) is 16.0. The van der Waals surface area contributed by atoms with Gasteiger partial charge in [0.25, 0.3) is 5.69 Å². The molecule has 0 atom stereocenters. The number of non-ortho nitro benzene ring substituents is 1. The van der Waals surface area contributed by atoms with E-state index < -0.39 is 10.9 Å². The summed E-state index contributed by atoms with van der Waals surface area (Å²) in [6, 6.07) is 15.5. The van der Waals surface area contributed by atoms with Gasteiger partial charge in [0.05, 0.1) is 22.9 Å². The Morgan fingerprint density at radius 1 is 0.648 bits per heavy atom. The van der Waals surface area contributed by atoms with E-state index in [1.165, 1.54) is 114 Å². The van der Waals surface area contributed by atoms with E-state index in [2.05, 4.69) is 58.3 Å². The van der Waals surface area contributed by atoms with Crippen LogP contribution in [0.15, 0.2) is 75.1 Å². The van der Waals surface area contributed by atoms with E-state index >= 15 is 0 Å². The van der Waals surface area contributed by atoms with Crippen LogP contribution in [-0.2, 0) is 9.53 Å². The standard InChI is InChI=1S/C42H60N6O6/c1-6-9-11-13-15-17-25-47(26-18-16-14-12-10-7-2)37-23-24-38(33(4)30-37)44-46-40-32-41(53-27-8-3)39(31-42(40)54-29-28-52-34(5)49)45-43-35-19-21-36(22-20-35)48(50)51/h19-24,30-32H,6-18,25-29H2,1-5H3/b45-43+,46-44+. The van der Waals surface area contributed by atoms with Crippen molar-refractivity contribution in [1.82, 2.24) is 0 Å². The minimum Gasteiger partial charge on any atom is -0.491 e. The van der Waals surface area contributed by atoms with Crippen LogP contribution in [0.25, 0.3) is 0 Å². The lowest BCUT2D eigenvalue weighted by Crippen LogP contribution is -2.25. The molecule has 0 aliphatic heterocycles. The van der Waals surface area contributed by atoms with Crippen molar-refractivity contribution in [3.05, 3.63) is 70.3 Å². The molecule has 3 aromatic carbocycles. The van der Waals surface area contributed by atoms with Gasteiger partial charge >= 0.3 is 5.97 Å². The Bertz CT molecular complexity index is 1610. The summed E-state index contributed by atoms with van der Waals surface area (Å²) in [5.74, 6) is 0.373. The molecule has 294 valence electrons. The third-order valence-electron chi connectivity index (χ3n) is 8.86. The van der Waals surface area contributed by atoms with Gasteiger partial charge in [-0.05, 0) is 62.1 Å². The number of carbonyl (C=O) groups is 1. The minimum absolute atomic E-state index is 0.0392. The third-order valence-corrected chi connectivity index (χ3v) is 8.86. The van der Waals surface area contributed by atoms with Crippen LogP contribution < -0.4 is 14.4 Å². The van der Waals surface area contributed by atoms with Gasteiger partial charge in [0.2, 0.25) is 0 Å². The average molecular weight is 745 g/mol. The van der Waals surface area contributed by atoms with Gasteiger partial charge in [0.15, 0.2) is 0 Å². The van der Waals surface area contributed by atoms with Crippen molar-refractivity contribution in [2.45, 2.75) is 118 Å². The number of nitrogens with zero attached hydrogens (tertiary/aromatic N) is 6. The Labute approximate surface area is 321 Å². The molecule has 0 aliphatic carbocycles. The number of anilines is 1. The van der Waals surface area contributed by atoms with E-state index in [-0.39, 0.29) is 18.9 Å². The van der Waals surface area contributed by atoms with Gasteiger partial charge in [-0.2, -0.15) is 10.2 Å². The molecule has 3 rings (SSSR count). The summed E-state index contributed by atoms with van der Waals surface area (Å²) in [6.07, 6.45) is 16.0. The minimum atomic E-state index is -0.469. The Balaban J connectivity index is 1.88. The number of hydrogen-bond acceptors (Lipinski definition) is 11. The molecule has 0 spiro atoms. The smallest absolute Gasteiger partial charge is 0.302 e. The highest BCUT2D eigenvalue weighted by atomic mass is 16.6. The maximum absolute atomic E-state index is 11.4. The molecule has 0 radical (unpaired) electrons. The number of nitro benzene ring substituents is 1. The molecule has 12 heteroatoms. The molecule has 0 amide bonds. The number of nitro groups is 1. The first-order valence-electron chi connectivity index (χ1n) is 19.8.